The van der Waals surface area contributed by atoms with Gasteiger partial charge in [0, 0.05) is 12.0 Å². The molecule has 1 aromatic carbocycles. The molecule has 1 aliphatic heterocycles. The molecule has 2 heterocycles. The molecule has 1 N–H and O–H groups in total. The van der Waals surface area contributed by atoms with Crippen molar-refractivity contribution in [2.24, 2.45) is 5.92 Å². The molecule has 5 heteroatoms. The summed E-state index contributed by atoms with van der Waals surface area (Å²) in [6.45, 7) is 4.48. The lowest BCUT2D eigenvalue weighted by Gasteiger charge is -2.26. The molecule has 1 saturated heterocycles. The first-order chi connectivity index (χ1) is 9.24. The number of halogens is 1. The van der Waals surface area contributed by atoms with Crippen LogP contribution in [0.3, 0.4) is 0 Å². The van der Waals surface area contributed by atoms with Crippen LogP contribution in [0.15, 0.2) is 24.3 Å². The molecule has 0 spiro atoms. The van der Waals surface area contributed by atoms with Crippen LogP contribution in [-0.2, 0) is 13.0 Å². The van der Waals surface area contributed by atoms with E-state index in [1.807, 2.05) is 23.6 Å². The highest BCUT2D eigenvalue weighted by Gasteiger charge is 2.21. The molecule has 0 amide bonds. The summed E-state index contributed by atoms with van der Waals surface area (Å²) in [5, 5.41) is 11.6. The number of hydrogen-bond acceptors (Lipinski definition) is 3. The predicted octanol–water partition coefficient (Wildman–Crippen LogP) is 1.54. The molecule has 1 fully saturated rings. The average molecular weight is 260 g/mol. The van der Waals surface area contributed by atoms with Crippen LogP contribution in [0.2, 0.25) is 0 Å². The van der Waals surface area contributed by atoms with Crippen LogP contribution in [0.5, 0.6) is 0 Å². The van der Waals surface area contributed by atoms with E-state index in [1.54, 1.807) is 6.07 Å². The van der Waals surface area contributed by atoms with Crippen molar-refractivity contribution in [2.45, 2.75) is 19.9 Å². The van der Waals surface area contributed by atoms with Gasteiger partial charge in [-0.25, -0.2) is 4.39 Å². The molecule has 1 aliphatic rings. The second kappa shape index (κ2) is 5.09. The fraction of sp³-hybridized carbons (Fsp3) is 0.429. The Bertz CT molecular complexity index is 575. The Kier molecular flexibility index (Phi) is 3.29. The molecule has 0 atom stereocenters. The van der Waals surface area contributed by atoms with Crippen molar-refractivity contribution >= 4 is 0 Å². The number of aryl methyl sites for hydroxylation is 1. The van der Waals surface area contributed by atoms with Crippen molar-refractivity contribution < 1.29 is 4.39 Å². The molecule has 1 aromatic heterocycles. The van der Waals surface area contributed by atoms with Crippen molar-refractivity contribution in [2.75, 3.05) is 13.1 Å². The van der Waals surface area contributed by atoms with Gasteiger partial charge in [0.2, 0.25) is 0 Å². The van der Waals surface area contributed by atoms with E-state index in [1.165, 1.54) is 6.07 Å². The summed E-state index contributed by atoms with van der Waals surface area (Å²) in [7, 11) is 0. The molecule has 0 saturated carbocycles. The fourth-order valence-corrected chi connectivity index (χ4v) is 2.33. The predicted molar refractivity (Wildman–Crippen MR) is 70.3 cm³/mol. The van der Waals surface area contributed by atoms with Crippen LogP contribution in [0, 0.1) is 18.7 Å². The van der Waals surface area contributed by atoms with Crippen molar-refractivity contribution in [1.29, 1.82) is 0 Å². The van der Waals surface area contributed by atoms with Crippen LogP contribution >= 0.6 is 0 Å². The first kappa shape index (κ1) is 12.3. The third-order valence-electron chi connectivity index (χ3n) is 3.64. The Morgan fingerprint density at radius 2 is 2.11 bits per heavy atom. The Morgan fingerprint density at radius 3 is 2.79 bits per heavy atom. The third kappa shape index (κ3) is 2.51. The summed E-state index contributed by atoms with van der Waals surface area (Å²) in [6, 6.07) is 6.86. The molecule has 0 bridgehead atoms. The van der Waals surface area contributed by atoms with Crippen LogP contribution in [0.4, 0.5) is 4.39 Å². The van der Waals surface area contributed by atoms with Gasteiger partial charge >= 0.3 is 0 Å². The highest BCUT2D eigenvalue weighted by Crippen LogP contribution is 2.15. The summed E-state index contributed by atoms with van der Waals surface area (Å²) in [6.07, 6.45) is 0.905. The zero-order valence-corrected chi connectivity index (χ0v) is 10.9. The summed E-state index contributed by atoms with van der Waals surface area (Å²) >= 11 is 0. The maximum absolute atomic E-state index is 13.7. The second-order valence-corrected chi connectivity index (χ2v) is 5.07. The summed E-state index contributed by atoms with van der Waals surface area (Å²) in [4.78, 5) is 0. The molecule has 4 nitrogen and oxygen atoms in total. The van der Waals surface area contributed by atoms with Gasteiger partial charge in [0.25, 0.3) is 0 Å². The molecular formula is C14H17FN4. The zero-order chi connectivity index (χ0) is 13.2. The lowest BCUT2D eigenvalue weighted by molar-refractivity contribution is 0.337. The van der Waals surface area contributed by atoms with E-state index in [-0.39, 0.29) is 5.82 Å². The molecule has 0 radical (unpaired) electrons. The Hall–Kier alpha value is -1.75. The summed E-state index contributed by atoms with van der Waals surface area (Å²) in [5.41, 5.74) is 0.679. The molecule has 3 rings (SSSR count). The normalized spacial score (nSPS) is 15.5. The Labute approximate surface area is 111 Å². The smallest absolute Gasteiger partial charge is 0.133 e. The van der Waals surface area contributed by atoms with Gasteiger partial charge in [0.05, 0.1) is 6.54 Å². The van der Waals surface area contributed by atoms with E-state index in [9.17, 15) is 4.39 Å². The molecule has 0 unspecified atom stereocenters. The minimum atomic E-state index is -0.174. The minimum absolute atomic E-state index is 0.174. The Balaban J connectivity index is 1.83. The van der Waals surface area contributed by atoms with E-state index in [4.69, 9.17) is 0 Å². The molecule has 100 valence electrons. The van der Waals surface area contributed by atoms with E-state index in [0.29, 0.717) is 18.0 Å². The van der Waals surface area contributed by atoms with Gasteiger partial charge in [-0.15, -0.1) is 10.2 Å². The van der Waals surface area contributed by atoms with Gasteiger partial charge in [0.15, 0.2) is 0 Å². The van der Waals surface area contributed by atoms with Crippen molar-refractivity contribution in [3.63, 3.8) is 0 Å². The first-order valence-electron chi connectivity index (χ1n) is 6.57. The maximum atomic E-state index is 13.7. The molecular weight excluding hydrogens is 243 g/mol. The van der Waals surface area contributed by atoms with E-state index in [0.717, 1.165) is 31.2 Å². The largest absolute Gasteiger partial charge is 0.316 e. The van der Waals surface area contributed by atoms with Gasteiger partial charge in [-0.1, -0.05) is 18.2 Å². The summed E-state index contributed by atoms with van der Waals surface area (Å²) < 4.78 is 15.7. The van der Waals surface area contributed by atoms with E-state index >= 15 is 0 Å². The highest BCUT2D eigenvalue weighted by molar-refractivity contribution is 5.18. The molecule has 2 aromatic rings. The van der Waals surface area contributed by atoms with Gasteiger partial charge in [0.1, 0.15) is 17.5 Å². The van der Waals surface area contributed by atoms with Gasteiger partial charge in [-0.05, 0) is 32.0 Å². The number of nitrogens with one attached hydrogen (secondary N) is 1. The highest BCUT2D eigenvalue weighted by atomic mass is 19.1. The fourth-order valence-electron chi connectivity index (χ4n) is 2.33. The van der Waals surface area contributed by atoms with Crippen molar-refractivity contribution in [1.82, 2.24) is 20.1 Å². The Morgan fingerprint density at radius 1 is 1.32 bits per heavy atom. The number of aromatic nitrogens is 3. The third-order valence-corrected chi connectivity index (χ3v) is 3.64. The quantitative estimate of drug-likeness (QED) is 0.906. The lowest BCUT2D eigenvalue weighted by Crippen LogP contribution is -2.43. The molecule has 0 aliphatic carbocycles. The monoisotopic (exact) mass is 260 g/mol. The van der Waals surface area contributed by atoms with Crippen LogP contribution in [-0.4, -0.2) is 27.9 Å². The number of rotatable bonds is 4. The van der Waals surface area contributed by atoms with Crippen LogP contribution in [0.25, 0.3) is 0 Å². The van der Waals surface area contributed by atoms with E-state index in [2.05, 4.69) is 15.5 Å². The van der Waals surface area contributed by atoms with Gasteiger partial charge < -0.3 is 9.88 Å². The van der Waals surface area contributed by atoms with Gasteiger partial charge in [-0.3, -0.25) is 0 Å². The van der Waals surface area contributed by atoms with Crippen LogP contribution in [0.1, 0.15) is 17.2 Å². The second-order valence-electron chi connectivity index (χ2n) is 5.07. The zero-order valence-electron chi connectivity index (χ0n) is 10.9. The number of benzene rings is 1. The first-order valence-corrected chi connectivity index (χ1v) is 6.57. The van der Waals surface area contributed by atoms with Crippen LogP contribution < -0.4 is 5.32 Å². The lowest BCUT2D eigenvalue weighted by atomic mass is 9.99. The summed E-state index contributed by atoms with van der Waals surface area (Å²) in [5.74, 6) is 2.24. The average Bonchev–Trinajstić information content (AvgIpc) is 2.69. The SMILES string of the molecule is Cc1nnc(CC2CNC2)n1Cc1ccccc1F. The number of nitrogens with zero attached hydrogens (tertiary/aromatic N) is 3. The standard InChI is InChI=1S/C14H17FN4/c1-10-17-18-14(6-11-7-16-8-11)19(10)9-12-4-2-3-5-13(12)15/h2-5,11,16H,6-9H2,1H3. The van der Waals surface area contributed by atoms with Crippen molar-refractivity contribution in [3.8, 4) is 0 Å². The van der Waals surface area contributed by atoms with E-state index < -0.39 is 0 Å². The topological polar surface area (TPSA) is 42.7 Å². The van der Waals surface area contributed by atoms with Crippen molar-refractivity contribution in [3.05, 3.63) is 47.3 Å². The maximum Gasteiger partial charge on any atom is 0.133 e. The minimum Gasteiger partial charge on any atom is -0.316 e. The number of hydrogen-bond donors (Lipinski definition) is 1. The molecule has 19 heavy (non-hydrogen) atoms. The van der Waals surface area contributed by atoms with Gasteiger partial charge in [-0.2, -0.15) is 0 Å².